The van der Waals surface area contributed by atoms with Crippen LogP contribution in [0.25, 0.3) is 0 Å². The van der Waals surface area contributed by atoms with Gasteiger partial charge in [0.25, 0.3) is 0 Å². The molecule has 0 N–H and O–H groups in total. The first-order chi connectivity index (χ1) is 14.0. The first kappa shape index (κ1) is 23.4. The van der Waals surface area contributed by atoms with Gasteiger partial charge in [-0.05, 0) is 53.6 Å². The molecule has 2 atom stereocenters. The second-order valence-electron chi connectivity index (χ2n) is 7.81. The molecule has 0 aliphatic carbocycles. The average molecular weight is 414 g/mol. The first-order valence-corrected chi connectivity index (χ1v) is 11.1. The van der Waals surface area contributed by atoms with Gasteiger partial charge >= 0.3 is 0 Å². The Morgan fingerprint density at radius 1 is 0.862 bits per heavy atom. The summed E-state index contributed by atoms with van der Waals surface area (Å²) in [5, 5.41) is 0.532. The van der Waals surface area contributed by atoms with Gasteiger partial charge in [0.05, 0.1) is 14.2 Å². The Morgan fingerprint density at radius 3 is 1.66 bits per heavy atom. The Labute approximate surface area is 181 Å². The average Bonchev–Trinajstić information content (AvgIpc) is 2.72. The van der Waals surface area contributed by atoms with E-state index in [9.17, 15) is 0 Å². The highest BCUT2D eigenvalue weighted by Gasteiger charge is 2.24. The number of benzene rings is 2. The van der Waals surface area contributed by atoms with Crippen molar-refractivity contribution >= 4 is 11.9 Å². The fraction of sp³-hybridized carbons (Fsp3) is 0.440. The lowest BCUT2D eigenvalue weighted by atomic mass is 9.95. The second kappa shape index (κ2) is 11.9. The molecule has 0 bridgehead atoms. The molecule has 0 heterocycles. The van der Waals surface area contributed by atoms with Gasteiger partial charge in [0.2, 0.25) is 0 Å². The van der Waals surface area contributed by atoms with Gasteiger partial charge in [-0.3, -0.25) is 0 Å². The lowest BCUT2D eigenvalue weighted by molar-refractivity contribution is 0.409. The van der Waals surface area contributed by atoms with E-state index in [1.165, 1.54) is 11.1 Å². The Morgan fingerprint density at radius 2 is 1.31 bits per heavy atom. The summed E-state index contributed by atoms with van der Waals surface area (Å²) < 4.78 is 13.1. The van der Waals surface area contributed by atoms with Crippen molar-refractivity contribution < 1.29 is 9.47 Å². The summed E-state index contributed by atoms with van der Waals surface area (Å²) in [4.78, 5) is 0. The highest BCUT2D eigenvalue weighted by molar-refractivity contribution is 7.97. The van der Waals surface area contributed by atoms with Gasteiger partial charge in [0.15, 0.2) is 0 Å². The number of methoxy groups -OCH3 is 2. The number of hydrogen-bond acceptors (Lipinski definition) is 4. The van der Waals surface area contributed by atoms with Crippen LogP contribution in [0.4, 0.5) is 0 Å². The molecular weight excluding hydrogens is 378 g/mol. The van der Waals surface area contributed by atoms with Crippen molar-refractivity contribution in [2.24, 2.45) is 11.8 Å². The van der Waals surface area contributed by atoms with Gasteiger partial charge < -0.3 is 9.47 Å². The molecule has 4 heteroatoms. The largest absolute Gasteiger partial charge is 0.497 e. The van der Waals surface area contributed by atoms with E-state index in [0.29, 0.717) is 17.1 Å². The standard InChI is InChI=1S/C25H35NO2S/c1-7-8-20(4)25(19(2)3)29-26(17-21-9-13-23(27-5)14-10-21)18-22-11-15-24(28-6)16-12-22/h7,9-16,19-20,25H,1,8,17-18H2,2-6H3/t20-,25?/m1/s1. The van der Waals surface area contributed by atoms with Crippen LogP contribution in [0.2, 0.25) is 0 Å². The van der Waals surface area contributed by atoms with Crippen molar-refractivity contribution in [1.29, 1.82) is 0 Å². The molecule has 29 heavy (non-hydrogen) atoms. The van der Waals surface area contributed by atoms with Crippen LogP contribution in [0.3, 0.4) is 0 Å². The predicted molar refractivity (Wildman–Crippen MR) is 125 cm³/mol. The Kier molecular flexibility index (Phi) is 9.62. The van der Waals surface area contributed by atoms with Crippen molar-refractivity contribution in [3.8, 4) is 11.5 Å². The Balaban J connectivity index is 2.20. The van der Waals surface area contributed by atoms with Gasteiger partial charge in [0, 0.05) is 18.3 Å². The molecule has 158 valence electrons. The monoisotopic (exact) mass is 413 g/mol. The van der Waals surface area contributed by atoms with E-state index in [0.717, 1.165) is 31.0 Å². The van der Waals surface area contributed by atoms with E-state index in [2.05, 4.69) is 55.9 Å². The van der Waals surface area contributed by atoms with Crippen LogP contribution in [0, 0.1) is 11.8 Å². The Bertz CT molecular complexity index is 678. The van der Waals surface area contributed by atoms with Crippen molar-refractivity contribution in [3.05, 3.63) is 72.3 Å². The number of hydrogen-bond donors (Lipinski definition) is 0. The second-order valence-corrected chi connectivity index (χ2v) is 9.08. The van der Waals surface area contributed by atoms with Crippen LogP contribution in [0.15, 0.2) is 61.2 Å². The van der Waals surface area contributed by atoms with Crippen LogP contribution in [-0.4, -0.2) is 23.8 Å². The molecule has 0 spiro atoms. The minimum atomic E-state index is 0.532. The normalized spacial score (nSPS) is 13.3. The quantitative estimate of drug-likeness (QED) is 0.289. The zero-order valence-corrected chi connectivity index (χ0v) is 19.2. The third-order valence-electron chi connectivity index (χ3n) is 5.06. The number of ether oxygens (including phenoxy) is 2. The molecule has 0 saturated carbocycles. The molecule has 0 fully saturated rings. The van der Waals surface area contributed by atoms with E-state index in [-0.39, 0.29) is 0 Å². The molecule has 0 aliphatic rings. The number of nitrogens with zero attached hydrogens (tertiary/aromatic N) is 1. The molecule has 0 aromatic heterocycles. The highest BCUT2D eigenvalue weighted by Crippen LogP contribution is 2.34. The highest BCUT2D eigenvalue weighted by atomic mass is 32.2. The molecule has 0 amide bonds. The van der Waals surface area contributed by atoms with Crippen molar-refractivity contribution in [3.63, 3.8) is 0 Å². The van der Waals surface area contributed by atoms with Crippen LogP contribution in [0.5, 0.6) is 11.5 Å². The summed E-state index contributed by atoms with van der Waals surface area (Å²) >= 11 is 1.98. The maximum atomic E-state index is 5.31. The number of allylic oxidation sites excluding steroid dienone is 1. The van der Waals surface area contributed by atoms with E-state index < -0.39 is 0 Å². The van der Waals surface area contributed by atoms with Crippen LogP contribution < -0.4 is 9.47 Å². The molecule has 1 unspecified atom stereocenters. The lowest BCUT2D eigenvalue weighted by Gasteiger charge is -2.32. The SMILES string of the molecule is C=CC[C@@H](C)C(SN(Cc1ccc(OC)cc1)Cc1ccc(OC)cc1)C(C)C. The van der Waals surface area contributed by atoms with Gasteiger partial charge in [-0.2, -0.15) is 0 Å². The van der Waals surface area contributed by atoms with Crippen molar-refractivity contribution in [2.75, 3.05) is 14.2 Å². The van der Waals surface area contributed by atoms with E-state index in [1.807, 2.05) is 42.3 Å². The molecule has 3 nitrogen and oxygen atoms in total. The van der Waals surface area contributed by atoms with E-state index >= 15 is 0 Å². The van der Waals surface area contributed by atoms with Crippen LogP contribution in [0.1, 0.15) is 38.3 Å². The summed E-state index contributed by atoms with van der Waals surface area (Å²) in [7, 11) is 3.41. The number of rotatable bonds is 12. The minimum Gasteiger partial charge on any atom is -0.497 e. The van der Waals surface area contributed by atoms with E-state index in [1.54, 1.807) is 14.2 Å². The third kappa shape index (κ3) is 7.45. The summed E-state index contributed by atoms with van der Waals surface area (Å²) in [5.74, 6) is 2.95. The summed E-state index contributed by atoms with van der Waals surface area (Å²) in [6.07, 6.45) is 3.08. The predicted octanol–water partition coefficient (Wildman–Crippen LogP) is 6.59. The van der Waals surface area contributed by atoms with Gasteiger partial charge in [-0.1, -0.05) is 63.1 Å². The molecule has 2 aromatic rings. The fourth-order valence-electron chi connectivity index (χ4n) is 3.45. The zero-order valence-electron chi connectivity index (χ0n) is 18.4. The molecule has 0 aliphatic heterocycles. The minimum absolute atomic E-state index is 0.532. The smallest absolute Gasteiger partial charge is 0.118 e. The van der Waals surface area contributed by atoms with Crippen LogP contribution in [-0.2, 0) is 13.1 Å². The maximum absolute atomic E-state index is 5.31. The molecule has 0 saturated heterocycles. The van der Waals surface area contributed by atoms with Crippen LogP contribution >= 0.6 is 11.9 Å². The van der Waals surface area contributed by atoms with Crippen molar-refractivity contribution in [2.45, 2.75) is 45.5 Å². The molecule has 0 radical (unpaired) electrons. The summed E-state index contributed by atoms with van der Waals surface area (Å²) in [5.41, 5.74) is 2.57. The molecule has 2 rings (SSSR count). The van der Waals surface area contributed by atoms with Gasteiger partial charge in [0.1, 0.15) is 11.5 Å². The zero-order chi connectivity index (χ0) is 21.2. The van der Waals surface area contributed by atoms with E-state index in [4.69, 9.17) is 9.47 Å². The van der Waals surface area contributed by atoms with Gasteiger partial charge in [-0.15, -0.1) is 6.58 Å². The first-order valence-electron chi connectivity index (χ1n) is 10.2. The summed E-state index contributed by atoms with van der Waals surface area (Å²) in [6, 6.07) is 16.7. The molecular formula is C25H35NO2S. The van der Waals surface area contributed by atoms with Crippen molar-refractivity contribution in [1.82, 2.24) is 4.31 Å². The fourth-order valence-corrected chi connectivity index (χ4v) is 4.81. The lowest BCUT2D eigenvalue weighted by Crippen LogP contribution is -2.27. The van der Waals surface area contributed by atoms with Gasteiger partial charge in [-0.25, -0.2) is 4.31 Å². The Hall–Kier alpha value is -1.91. The molecule has 2 aromatic carbocycles. The maximum Gasteiger partial charge on any atom is 0.118 e. The topological polar surface area (TPSA) is 21.7 Å². The summed E-state index contributed by atoms with van der Waals surface area (Å²) in [6.45, 7) is 12.7. The third-order valence-corrected chi connectivity index (χ3v) is 6.87.